The van der Waals surface area contributed by atoms with Crippen LogP contribution in [-0.2, 0) is 24.1 Å². The molecule has 0 saturated heterocycles. The van der Waals surface area contributed by atoms with Gasteiger partial charge in [-0.1, -0.05) is 53.7 Å². The first-order valence-corrected chi connectivity index (χ1v) is 9.51. The Bertz CT molecular complexity index is 1230. The minimum absolute atomic E-state index is 0.0792. The number of fused-ring (bicyclic) bond motifs is 1. The average Bonchev–Trinajstić information content (AvgIpc) is 3.29. The van der Waals surface area contributed by atoms with E-state index < -0.39 is 18.2 Å². The van der Waals surface area contributed by atoms with E-state index in [-0.39, 0.29) is 19.0 Å². The summed E-state index contributed by atoms with van der Waals surface area (Å²) in [6.45, 7) is 0.322. The Morgan fingerprint density at radius 2 is 1.84 bits per heavy atom. The lowest BCUT2D eigenvalue weighted by atomic mass is 10.1. The van der Waals surface area contributed by atoms with Gasteiger partial charge in [-0.3, -0.25) is 4.98 Å². The summed E-state index contributed by atoms with van der Waals surface area (Å²) in [5, 5.41) is 5.27. The quantitative estimate of drug-likeness (QED) is 0.429. The van der Waals surface area contributed by atoms with E-state index in [1.54, 1.807) is 43.7 Å². The normalized spacial score (nSPS) is 11.5. The van der Waals surface area contributed by atoms with Crippen LogP contribution in [0.5, 0.6) is 0 Å². The van der Waals surface area contributed by atoms with Gasteiger partial charge in [0.2, 0.25) is 5.82 Å². The van der Waals surface area contributed by atoms with E-state index in [2.05, 4.69) is 19.6 Å². The summed E-state index contributed by atoms with van der Waals surface area (Å²) < 4.78 is 47.4. The lowest BCUT2D eigenvalue weighted by molar-refractivity contribution is -0.159. The van der Waals surface area contributed by atoms with Crippen molar-refractivity contribution in [1.82, 2.24) is 20.0 Å². The number of carbonyl (C=O) groups is 1. The van der Waals surface area contributed by atoms with Crippen molar-refractivity contribution in [2.45, 2.75) is 19.3 Å². The van der Waals surface area contributed by atoms with Crippen molar-refractivity contribution < 1.29 is 27.2 Å². The minimum Gasteiger partial charge on any atom is -0.444 e. The molecule has 0 N–H and O–H groups in total. The second-order valence-corrected chi connectivity index (χ2v) is 7.05. The fraction of sp³-hybridized carbons (Fsp3) is 0.182. The first kappa shape index (κ1) is 21.3. The Balaban J connectivity index is 1.36. The number of halogens is 3. The van der Waals surface area contributed by atoms with Crippen molar-refractivity contribution in [2.75, 3.05) is 7.05 Å². The van der Waals surface area contributed by atoms with Gasteiger partial charge in [-0.2, -0.15) is 18.2 Å². The van der Waals surface area contributed by atoms with E-state index in [4.69, 9.17) is 4.74 Å². The summed E-state index contributed by atoms with van der Waals surface area (Å²) in [6, 6.07) is 14.1. The number of nitrogens with zero attached hydrogens (tertiary/aromatic N) is 4. The van der Waals surface area contributed by atoms with Crippen LogP contribution in [0.25, 0.3) is 22.2 Å². The topological polar surface area (TPSA) is 81.4 Å². The molecule has 164 valence electrons. The number of ether oxygens (including phenoxy) is 1. The maximum atomic E-state index is 12.6. The Kier molecular flexibility index (Phi) is 5.76. The maximum absolute atomic E-state index is 12.6. The summed E-state index contributed by atoms with van der Waals surface area (Å²) in [4.78, 5) is 21.3. The molecule has 0 atom stereocenters. The summed E-state index contributed by atoms with van der Waals surface area (Å²) in [5.74, 6) is -1.57. The Labute approximate surface area is 180 Å². The highest BCUT2D eigenvalue weighted by atomic mass is 19.4. The molecule has 2 heterocycles. The highest BCUT2D eigenvalue weighted by Gasteiger charge is 2.38. The van der Waals surface area contributed by atoms with E-state index in [1.807, 2.05) is 24.3 Å². The SMILES string of the molecule is CN(Cc1ccc(-c2noc(C(F)(F)F)n2)cc1)C(=O)OCc1cncc2ccccc12. The van der Waals surface area contributed by atoms with Crippen molar-refractivity contribution in [3.63, 3.8) is 0 Å². The van der Waals surface area contributed by atoms with Gasteiger partial charge >= 0.3 is 18.2 Å². The fourth-order valence-electron chi connectivity index (χ4n) is 3.10. The molecule has 0 aliphatic heterocycles. The van der Waals surface area contributed by atoms with Crippen LogP contribution < -0.4 is 0 Å². The summed E-state index contributed by atoms with van der Waals surface area (Å²) >= 11 is 0. The third kappa shape index (κ3) is 4.69. The van der Waals surface area contributed by atoms with Crippen LogP contribution in [0.1, 0.15) is 17.0 Å². The van der Waals surface area contributed by atoms with Crippen LogP contribution in [0, 0.1) is 0 Å². The molecule has 32 heavy (non-hydrogen) atoms. The van der Waals surface area contributed by atoms with Crippen molar-refractivity contribution in [3.8, 4) is 11.4 Å². The molecule has 4 rings (SSSR count). The number of pyridine rings is 1. The molecule has 7 nitrogen and oxygen atoms in total. The van der Waals surface area contributed by atoms with E-state index in [9.17, 15) is 18.0 Å². The molecule has 0 aliphatic carbocycles. The number of amides is 1. The van der Waals surface area contributed by atoms with Crippen LogP contribution in [-0.4, -0.2) is 33.2 Å². The van der Waals surface area contributed by atoms with E-state index in [0.29, 0.717) is 5.56 Å². The molecule has 0 bridgehead atoms. The Morgan fingerprint density at radius 1 is 1.09 bits per heavy atom. The average molecular weight is 442 g/mol. The van der Waals surface area contributed by atoms with E-state index in [0.717, 1.165) is 21.9 Å². The number of carbonyl (C=O) groups excluding carboxylic acids is 1. The molecule has 2 aromatic heterocycles. The molecule has 4 aromatic rings. The number of hydrogen-bond acceptors (Lipinski definition) is 6. The molecule has 0 unspecified atom stereocenters. The molecule has 0 spiro atoms. The highest BCUT2D eigenvalue weighted by molar-refractivity contribution is 5.84. The van der Waals surface area contributed by atoms with Gasteiger partial charge in [0.25, 0.3) is 0 Å². The fourth-order valence-corrected chi connectivity index (χ4v) is 3.10. The van der Waals surface area contributed by atoms with Gasteiger partial charge in [-0.05, 0) is 10.9 Å². The molecule has 10 heteroatoms. The van der Waals surface area contributed by atoms with Crippen molar-refractivity contribution in [2.24, 2.45) is 0 Å². The van der Waals surface area contributed by atoms with E-state index >= 15 is 0 Å². The first-order chi connectivity index (χ1) is 15.3. The molecule has 0 aliphatic rings. The monoisotopic (exact) mass is 442 g/mol. The molecular formula is C22H17F3N4O3. The van der Waals surface area contributed by atoms with Crippen LogP contribution >= 0.6 is 0 Å². The zero-order chi connectivity index (χ0) is 22.7. The predicted octanol–water partition coefficient (Wildman–Crippen LogP) is 5.07. The van der Waals surface area contributed by atoms with E-state index in [1.165, 1.54) is 4.90 Å². The maximum Gasteiger partial charge on any atom is 0.471 e. The number of rotatable bonds is 5. The van der Waals surface area contributed by atoms with Crippen LogP contribution in [0.4, 0.5) is 18.0 Å². The van der Waals surface area contributed by atoms with Gasteiger partial charge in [-0.15, -0.1) is 0 Å². The van der Waals surface area contributed by atoms with Crippen LogP contribution in [0.2, 0.25) is 0 Å². The van der Waals surface area contributed by atoms with Crippen LogP contribution in [0.3, 0.4) is 0 Å². The van der Waals surface area contributed by atoms with Crippen molar-refractivity contribution >= 4 is 16.9 Å². The van der Waals surface area contributed by atoms with Gasteiger partial charge in [0.1, 0.15) is 6.61 Å². The van der Waals surface area contributed by atoms with Gasteiger partial charge in [0.15, 0.2) is 0 Å². The second kappa shape index (κ2) is 8.66. The number of benzene rings is 2. The third-order valence-electron chi connectivity index (χ3n) is 4.71. The van der Waals surface area contributed by atoms with Gasteiger partial charge in [0, 0.05) is 42.5 Å². The number of aromatic nitrogens is 3. The zero-order valence-electron chi connectivity index (χ0n) is 16.8. The smallest absolute Gasteiger partial charge is 0.444 e. The summed E-state index contributed by atoms with van der Waals surface area (Å²) in [6.07, 6.45) is -1.81. The highest BCUT2D eigenvalue weighted by Crippen LogP contribution is 2.29. The Hall–Kier alpha value is -3.95. The van der Waals surface area contributed by atoms with Crippen molar-refractivity contribution in [3.05, 3.63) is 77.9 Å². The van der Waals surface area contributed by atoms with Crippen LogP contribution in [0.15, 0.2) is 65.4 Å². The molecule has 0 fully saturated rings. The molecule has 1 amide bonds. The standard InChI is InChI=1S/C22H17F3N4O3/c1-29(21(30)31-13-17-11-26-10-16-4-2-3-5-18(16)17)12-14-6-8-15(9-7-14)19-27-20(32-28-19)22(23,24)25/h2-11H,12-13H2,1H3. The zero-order valence-corrected chi connectivity index (χ0v) is 16.8. The lowest BCUT2D eigenvalue weighted by Crippen LogP contribution is -2.26. The molecule has 2 aromatic carbocycles. The molecule has 0 radical (unpaired) electrons. The summed E-state index contributed by atoms with van der Waals surface area (Å²) in [5.41, 5.74) is 1.91. The van der Waals surface area contributed by atoms with Gasteiger partial charge in [-0.25, -0.2) is 4.79 Å². The molecule has 0 saturated carbocycles. The first-order valence-electron chi connectivity index (χ1n) is 9.51. The summed E-state index contributed by atoms with van der Waals surface area (Å²) in [7, 11) is 1.59. The van der Waals surface area contributed by atoms with Gasteiger partial charge in [0.05, 0.1) is 0 Å². The third-order valence-corrected chi connectivity index (χ3v) is 4.71. The lowest BCUT2D eigenvalue weighted by Gasteiger charge is -2.17. The number of hydrogen-bond donors (Lipinski definition) is 0. The Morgan fingerprint density at radius 3 is 2.56 bits per heavy atom. The second-order valence-electron chi connectivity index (χ2n) is 7.05. The largest absolute Gasteiger partial charge is 0.471 e. The van der Waals surface area contributed by atoms with Crippen molar-refractivity contribution in [1.29, 1.82) is 0 Å². The predicted molar refractivity (Wildman–Crippen MR) is 108 cm³/mol. The minimum atomic E-state index is -4.70. The number of alkyl halides is 3. The van der Waals surface area contributed by atoms with Gasteiger partial charge < -0.3 is 14.2 Å². The molecular weight excluding hydrogens is 425 g/mol.